The lowest BCUT2D eigenvalue weighted by molar-refractivity contribution is -0.119. The number of hydrogen-bond acceptors (Lipinski definition) is 6. The minimum absolute atomic E-state index is 0.0817. The molecular weight excluding hydrogens is 535 g/mol. The van der Waals surface area contributed by atoms with E-state index < -0.39 is 6.04 Å². The Hall–Kier alpha value is -4.04. The number of Topliss-reactive ketones (excluding diaryl/α,β-unsaturated/α-hetero) is 1. The highest BCUT2D eigenvalue weighted by atomic mass is 32.2. The van der Waals surface area contributed by atoms with Gasteiger partial charge in [0, 0.05) is 21.0 Å². The van der Waals surface area contributed by atoms with Gasteiger partial charge in [-0.05, 0) is 89.1 Å². The van der Waals surface area contributed by atoms with Crippen LogP contribution in [0.25, 0.3) is 10.8 Å². The van der Waals surface area contributed by atoms with Gasteiger partial charge < -0.3 is 10.0 Å². The Morgan fingerprint density at radius 3 is 2.17 bits per heavy atom. The molecule has 0 aromatic heterocycles. The van der Waals surface area contributed by atoms with Crippen molar-refractivity contribution in [2.45, 2.75) is 22.3 Å². The number of fused-ring (bicyclic) bond motifs is 1. The van der Waals surface area contributed by atoms with Crippen LogP contribution < -0.4 is 14.8 Å². The maximum Gasteiger partial charge on any atom is 0.251 e. The van der Waals surface area contributed by atoms with Crippen molar-refractivity contribution in [3.63, 3.8) is 0 Å². The molecule has 0 radical (unpaired) electrons. The van der Waals surface area contributed by atoms with Crippen LogP contribution in [-0.2, 0) is 11.2 Å². The molecule has 200 valence electrons. The molecule has 7 heteroatoms. The van der Waals surface area contributed by atoms with Crippen LogP contribution in [0.1, 0.15) is 15.9 Å². The number of nitrogens with one attached hydrogen (secondary N) is 3. The zero-order valence-electron chi connectivity index (χ0n) is 21.7. The molecule has 0 aliphatic carbocycles. The van der Waals surface area contributed by atoms with Gasteiger partial charge >= 0.3 is 0 Å². The van der Waals surface area contributed by atoms with Gasteiger partial charge in [0.2, 0.25) is 0 Å². The first-order valence-electron chi connectivity index (χ1n) is 13.0. The lowest BCUT2D eigenvalue weighted by atomic mass is 10.0. The Morgan fingerprint density at radius 2 is 1.38 bits per heavy atom. The molecule has 0 saturated heterocycles. The highest BCUT2D eigenvalue weighted by Gasteiger charge is 2.22. The number of ketones is 1. The monoisotopic (exact) mass is 563 g/mol. The van der Waals surface area contributed by atoms with E-state index in [1.54, 1.807) is 12.1 Å². The number of benzene rings is 5. The molecule has 1 amide bonds. The molecular formula is C33H29N3O2S2. The van der Waals surface area contributed by atoms with E-state index >= 15 is 0 Å². The fourth-order valence-corrected chi connectivity index (χ4v) is 5.57. The summed E-state index contributed by atoms with van der Waals surface area (Å²) >= 11 is 2.89. The molecule has 0 aliphatic rings. The van der Waals surface area contributed by atoms with Crippen LogP contribution in [0.15, 0.2) is 137 Å². The van der Waals surface area contributed by atoms with Crippen molar-refractivity contribution in [2.24, 2.45) is 0 Å². The van der Waals surface area contributed by atoms with Crippen molar-refractivity contribution < 1.29 is 9.59 Å². The van der Waals surface area contributed by atoms with Gasteiger partial charge in [-0.25, -0.2) is 0 Å². The molecule has 3 N–H and O–H groups in total. The van der Waals surface area contributed by atoms with Crippen LogP contribution in [-0.4, -0.2) is 24.3 Å². The third-order valence-electron chi connectivity index (χ3n) is 6.29. The van der Waals surface area contributed by atoms with Crippen molar-refractivity contribution in [3.8, 4) is 0 Å². The largest absolute Gasteiger partial charge is 0.342 e. The number of rotatable bonds is 12. The summed E-state index contributed by atoms with van der Waals surface area (Å²) in [5.74, 6) is -0.369. The van der Waals surface area contributed by atoms with E-state index in [1.807, 2.05) is 84.9 Å². The van der Waals surface area contributed by atoms with Crippen molar-refractivity contribution in [2.75, 3.05) is 11.3 Å². The second-order valence-electron chi connectivity index (χ2n) is 9.21. The maximum atomic E-state index is 13.3. The number of hydrogen-bond donors (Lipinski definition) is 3. The predicted molar refractivity (Wildman–Crippen MR) is 167 cm³/mol. The Kier molecular flexibility index (Phi) is 9.53. The number of amides is 1. The summed E-state index contributed by atoms with van der Waals surface area (Å²) in [6.07, 6.45) is 0.416. The van der Waals surface area contributed by atoms with E-state index in [4.69, 9.17) is 0 Å². The van der Waals surface area contributed by atoms with Crippen molar-refractivity contribution >= 4 is 52.0 Å². The summed E-state index contributed by atoms with van der Waals surface area (Å²) in [6.45, 7) is 0.126. The van der Waals surface area contributed by atoms with Crippen LogP contribution in [0.5, 0.6) is 0 Å². The van der Waals surface area contributed by atoms with Gasteiger partial charge in [-0.1, -0.05) is 84.9 Å². The quantitative estimate of drug-likeness (QED) is 0.140. The van der Waals surface area contributed by atoms with Crippen LogP contribution in [0, 0.1) is 0 Å². The molecule has 5 aromatic carbocycles. The SMILES string of the molecule is O=C(N[C@@H](Cc1ccccc1)C(=O)CNSc1ccccc1)c1cccc(NSc2ccc3ccccc3c2)c1. The van der Waals surface area contributed by atoms with Gasteiger partial charge in [-0.15, -0.1) is 0 Å². The fraction of sp³-hybridized carbons (Fsp3) is 0.0909. The Labute approximate surface area is 243 Å². The number of carbonyl (C=O) groups excluding carboxylic acids is 2. The molecule has 0 bridgehead atoms. The Bertz CT molecular complexity index is 1580. The summed E-state index contributed by atoms with van der Waals surface area (Å²) in [6, 6.07) is 40.7. The topological polar surface area (TPSA) is 70.2 Å². The molecule has 0 unspecified atom stereocenters. The Morgan fingerprint density at radius 1 is 0.650 bits per heavy atom. The Balaban J connectivity index is 1.23. The third kappa shape index (κ3) is 7.76. The fourth-order valence-electron chi connectivity index (χ4n) is 4.21. The molecule has 0 heterocycles. The minimum Gasteiger partial charge on any atom is -0.342 e. The molecule has 5 nitrogen and oxygen atoms in total. The average molecular weight is 564 g/mol. The smallest absolute Gasteiger partial charge is 0.251 e. The number of carbonyl (C=O) groups is 2. The van der Waals surface area contributed by atoms with Gasteiger partial charge in [0.15, 0.2) is 5.78 Å². The van der Waals surface area contributed by atoms with Gasteiger partial charge in [-0.2, -0.15) is 0 Å². The van der Waals surface area contributed by atoms with Gasteiger partial charge in [-0.3, -0.25) is 14.3 Å². The molecule has 0 aliphatic heterocycles. The first kappa shape index (κ1) is 27.5. The highest BCUT2D eigenvalue weighted by molar-refractivity contribution is 8.00. The van der Waals surface area contributed by atoms with Gasteiger partial charge in [0.1, 0.15) is 0 Å². The second-order valence-corrected chi connectivity index (χ2v) is 11.1. The molecule has 1 atom stereocenters. The van der Waals surface area contributed by atoms with Crippen LogP contribution in [0.3, 0.4) is 0 Å². The second kappa shape index (κ2) is 13.8. The molecule has 40 heavy (non-hydrogen) atoms. The first-order valence-corrected chi connectivity index (χ1v) is 14.6. The van der Waals surface area contributed by atoms with E-state index in [0.29, 0.717) is 12.0 Å². The highest BCUT2D eigenvalue weighted by Crippen LogP contribution is 2.25. The summed E-state index contributed by atoms with van der Waals surface area (Å²) in [5.41, 5.74) is 2.28. The first-order chi connectivity index (χ1) is 19.6. The summed E-state index contributed by atoms with van der Waals surface area (Å²) < 4.78 is 6.47. The van der Waals surface area contributed by atoms with Crippen molar-refractivity contribution in [1.29, 1.82) is 0 Å². The van der Waals surface area contributed by atoms with Crippen LogP contribution in [0.2, 0.25) is 0 Å². The molecule has 5 rings (SSSR count). The predicted octanol–water partition coefficient (Wildman–Crippen LogP) is 7.17. The lowest BCUT2D eigenvalue weighted by Crippen LogP contribution is -2.45. The zero-order valence-corrected chi connectivity index (χ0v) is 23.4. The zero-order chi connectivity index (χ0) is 27.6. The van der Waals surface area contributed by atoms with E-state index in [2.05, 4.69) is 45.1 Å². The lowest BCUT2D eigenvalue weighted by Gasteiger charge is -2.18. The summed E-state index contributed by atoms with van der Waals surface area (Å²) in [5, 5.41) is 5.35. The molecule has 0 fully saturated rings. The van der Waals surface area contributed by atoms with E-state index in [1.165, 1.54) is 34.7 Å². The van der Waals surface area contributed by atoms with Crippen LogP contribution in [0.4, 0.5) is 5.69 Å². The van der Waals surface area contributed by atoms with Gasteiger partial charge in [0.25, 0.3) is 5.91 Å². The molecule has 0 spiro atoms. The van der Waals surface area contributed by atoms with Gasteiger partial charge in [0.05, 0.1) is 12.6 Å². The van der Waals surface area contributed by atoms with Crippen molar-refractivity contribution in [3.05, 3.63) is 139 Å². The normalized spacial score (nSPS) is 11.6. The number of anilines is 1. The van der Waals surface area contributed by atoms with Crippen LogP contribution >= 0.6 is 23.9 Å². The molecule has 0 saturated carbocycles. The van der Waals surface area contributed by atoms with E-state index in [-0.39, 0.29) is 18.2 Å². The summed E-state index contributed by atoms with van der Waals surface area (Å²) in [7, 11) is 0. The third-order valence-corrected chi connectivity index (χ3v) is 7.91. The van der Waals surface area contributed by atoms with Crippen molar-refractivity contribution in [1.82, 2.24) is 10.0 Å². The summed E-state index contributed by atoms with van der Waals surface area (Å²) in [4.78, 5) is 28.6. The molecule has 5 aromatic rings. The minimum atomic E-state index is -0.664. The van der Waals surface area contributed by atoms with E-state index in [0.717, 1.165) is 21.0 Å². The maximum absolute atomic E-state index is 13.3. The standard InChI is InChI=1S/C33H29N3O2S2/c37-32(23-34-39-29-16-5-2-6-17-29)31(20-24-10-3-1-4-11-24)35-33(38)27-14-9-15-28(21-27)36-40-30-19-18-25-12-7-8-13-26(25)22-30/h1-19,21-22,31,34,36H,20,23H2,(H,35,38)/t31-/m0/s1. The average Bonchev–Trinajstić information content (AvgIpc) is 3.00. The van der Waals surface area contributed by atoms with E-state index in [9.17, 15) is 9.59 Å².